The lowest BCUT2D eigenvalue weighted by atomic mass is 10.2. The number of hydrogen-bond acceptors (Lipinski definition) is 5. The Morgan fingerprint density at radius 1 is 1.14 bits per heavy atom. The van der Waals surface area contributed by atoms with Crippen LogP contribution in [0.15, 0.2) is 28.7 Å². The normalized spacial score (nSPS) is 10.8. The Morgan fingerprint density at radius 3 is 2.67 bits per heavy atom. The lowest BCUT2D eigenvalue weighted by molar-refractivity contribution is 0.309. The number of nitrogens with zero attached hydrogens (tertiary/aromatic N) is 2. The van der Waals surface area contributed by atoms with E-state index in [1.165, 1.54) is 0 Å². The van der Waals surface area contributed by atoms with E-state index in [2.05, 4.69) is 29.4 Å². The summed E-state index contributed by atoms with van der Waals surface area (Å²) in [4.78, 5) is 0. The molecule has 2 rings (SSSR count). The molecule has 1 aromatic carbocycles. The maximum absolute atomic E-state index is 5.65. The zero-order valence-electron chi connectivity index (χ0n) is 12.8. The van der Waals surface area contributed by atoms with E-state index in [0.717, 1.165) is 50.3 Å². The SMILES string of the molecule is CCCCOc1ccc(-c2nnc(CCNCC)o2)cc1. The Kier molecular flexibility index (Phi) is 6.22. The van der Waals surface area contributed by atoms with Crippen molar-refractivity contribution in [1.29, 1.82) is 0 Å². The van der Waals surface area contributed by atoms with Crippen molar-refractivity contribution in [2.45, 2.75) is 33.1 Å². The summed E-state index contributed by atoms with van der Waals surface area (Å²) >= 11 is 0. The zero-order chi connectivity index (χ0) is 14.9. The van der Waals surface area contributed by atoms with Crippen LogP contribution in [0.4, 0.5) is 0 Å². The van der Waals surface area contributed by atoms with Gasteiger partial charge in [-0.3, -0.25) is 0 Å². The first kappa shape index (κ1) is 15.5. The van der Waals surface area contributed by atoms with Gasteiger partial charge in [-0.1, -0.05) is 20.3 Å². The molecule has 0 amide bonds. The Hall–Kier alpha value is -1.88. The molecule has 0 saturated carbocycles. The molecule has 0 aliphatic carbocycles. The van der Waals surface area contributed by atoms with Gasteiger partial charge in [0.1, 0.15) is 5.75 Å². The molecule has 0 atom stereocenters. The smallest absolute Gasteiger partial charge is 0.247 e. The van der Waals surface area contributed by atoms with Crippen molar-refractivity contribution in [3.05, 3.63) is 30.2 Å². The molecule has 0 unspecified atom stereocenters. The summed E-state index contributed by atoms with van der Waals surface area (Å²) in [5.74, 6) is 2.09. The van der Waals surface area contributed by atoms with Gasteiger partial charge in [0.15, 0.2) is 0 Å². The average Bonchev–Trinajstić information content (AvgIpc) is 2.97. The monoisotopic (exact) mass is 289 g/mol. The highest BCUT2D eigenvalue weighted by Gasteiger charge is 2.08. The van der Waals surface area contributed by atoms with Crippen LogP contribution in [0.2, 0.25) is 0 Å². The Labute approximate surface area is 125 Å². The average molecular weight is 289 g/mol. The van der Waals surface area contributed by atoms with E-state index in [-0.39, 0.29) is 0 Å². The minimum atomic E-state index is 0.557. The summed E-state index contributed by atoms with van der Waals surface area (Å²) in [5, 5.41) is 11.4. The van der Waals surface area contributed by atoms with Crippen molar-refractivity contribution in [3.63, 3.8) is 0 Å². The summed E-state index contributed by atoms with van der Waals surface area (Å²) in [6, 6.07) is 7.77. The summed E-state index contributed by atoms with van der Waals surface area (Å²) in [5.41, 5.74) is 0.917. The van der Waals surface area contributed by atoms with Crippen LogP contribution in [0.1, 0.15) is 32.6 Å². The fourth-order valence-corrected chi connectivity index (χ4v) is 1.87. The van der Waals surface area contributed by atoms with Crippen LogP contribution in [-0.2, 0) is 6.42 Å². The first-order valence-electron chi connectivity index (χ1n) is 7.59. The molecule has 0 aliphatic rings. The fraction of sp³-hybridized carbons (Fsp3) is 0.500. The number of benzene rings is 1. The molecule has 1 aromatic heterocycles. The van der Waals surface area contributed by atoms with Crippen LogP contribution in [0.3, 0.4) is 0 Å². The minimum absolute atomic E-state index is 0.557. The number of aromatic nitrogens is 2. The molecule has 114 valence electrons. The van der Waals surface area contributed by atoms with Crippen molar-refractivity contribution in [2.24, 2.45) is 0 Å². The summed E-state index contributed by atoms with van der Waals surface area (Å²) < 4.78 is 11.3. The van der Waals surface area contributed by atoms with Crippen LogP contribution in [-0.4, -0.2) is 29.9 Å². The number of likely N-dealkylation sites (N-methyl/N-ethyl adjacent to an activating group) is 1. The van der Waals surface area contributed by atoms with Crippen LogP contribution >= 0.6 is 0 Å². The van der Waals surface area contributed by atoms with E-state index < -0.39 is 0 Å². The quantitative estimate of drug-likeness (QED) is 0.719. The van der Waals surface area contributed by atoms with Gasteiger partial charge in [-0.25, -0.2) is 0 Å². The lowest BCUT2D eigenvalue weighted by Gasteiger charge is -2.05. The van der Waals surface area contributed by atoms with Gasteiger partial charge < -0.3 is 14.5 Å². The standard InChI is InChI=1S/C16H23N3O2/c1-3-5-12-20-14-8-6-13(7-9-14)16-19-18-15(21-16)10-11-17-4-2/h6-9,17H,3-5,10-12H2,1-2H3. The third-order valence-corrected chi connectivity index (χ3v) is 3.10. The number of nitrogens with one attached hydrogen (secondary N) is 1. The highest BCUT2D eigenvalue weighted by atomic mass is 16.5. The lowest BCUT2D eigenvalue weighted by Crippen LogP contribution is -2.16. The molecule has 0 fully saturated rings. The predicted molar refractivity (Wildman–Crippen MR) is 82.4 cm³/mol. The second-order valence-corrected chi connectivity index (χ2v) is 4.83. The maximum atomic E-state index is 5.65. The van der Waals surface area contributed by atoms with E-state index in [4.69, 9.17) is 9.15 Å². The molecule has 1 N–H and O–H groups in total. The van der Waals surface area contributed by atoms with Crippen molar-refractivity contribution in [1.82, 2.24) is 15.5 Å². The highest BCUT2D eigenvalue weighted by molar-refractivity contribution is 5.53. The van der Waals surface area contributed by atoms with Crippen LogP contribution < -0.4 is 10.1 Å². The van der Waals surface area contributed by atoms with Crippen molar-refractivity contribution in [2.75, 3.05) is 19.7 Å². The first-order valence-corrected chi connectivity index (χ1v) is 7.59. The van der Waals surface area contributed by atoms with Gasteiger partial charge >= 0.3 is 0 Å². The molecular formula is C16H23N3O2. The van der Waals surface area contributed by atoms with E-state index in [1.807, 2.05) is 24.3 Å². The van der Waals surface area contributed by atoms with Gasteiger partial charge in [0.05, 0.1) is 6.61 Å². The number of rotatable bonds is 9. The fourth-order valence-electron chi connectivity index (χ4n) is 1.87. The molecule has 0 radical (unpaired) electrons. The minimum Gasteiger partial charge on any atom is -0.494 e. The molecular weight excluding hydrogens is 266 g/mol. The third kappa shape index (κ3) is 4.86. The molecule has 1 heterocycles. The van der Waals surface area contributed by atoms with E-state index in [9.17, 15) is 0 Å². The van der Waals surface area contributed by atoms with Gasteiger partial charge in [-0.15, -0.1) is 10.2 Å². The van der Waals surface area contributed by atoms with Crippen molar-refractivity contribution < 1.29 is 9.15 Å². The molecule has 5 nitrogen and oxygen atoms in total. The Bertz CT molecular complexity index is 523. The highest BCUT2D eigenvalue weighted by Crippen LogP contribution is 2.21. The van der Waals surface area contributed by atoms with Gasteiger partial charge in [-0.2, -0.15) is 0 Å². The van der Waals surface area contributed by atoms with E-state index in [0.29, 0.717) is 11.8 Å². The Morgan fingerprint density at radius 2 is 1.95 bits per heavy atom. The number of ether oxygens (including phenoxy) is 1. The summed E-state index contributed by atoms with van der Waals surface area (Å²) in [7, 11) is 0. The summed E-state index contributed by atoms with van der Waals surface area (Å²) in [6.07, 6.45) is 2.95. The van der Waals surface area contributed by atoms with E-state index >= 15 is 0 Å². The molecule has 21 heavy (non-hydrogen) atoms. The molecule has 2 aromatic rings. The molecule has 0 bridgehead atoms. The largest absolute Gasteiger partial charge is 0.494 e. The zero-order valence-corrected chi connectivity index (χ0v) is 12.8. The maximum Gasteiger partial charge on any atom is 0.247 e. The topological polar surface area (TPSA) is 60.2 Å². The van der Waals surface area contributed by atoms with Gasteiger partial charge in [0, 0.05) is 18.5 Å². The number of hydrogen-bond donors (Lipinski definition) is 1. The second-order valence-electron chi connectivity index (χ2n) is 4.83. The second kappa shape index (κ2) is 8.42. The van der Waals surface area contributed by atoms with Gasteiger partial charge in [-0.05, 0) is 37.2 Å². The van der Waals surface area contributed by atoms with Crippen molar-refractivity contribution >= 4 is 0 Å². The molecule has 0 spiro atoms. The summed E-state index contributed by atoms with van der Waals surface area (Å²) in [6.45, 7) is 6.77. The van der Waals surface area contributed by atoms with E-state index in [1.54, 1.807) is 0 Å². The molecule has 5 heteroatoms. The third-order valence-electron chi connectivity index (χ3n) is 3.10. The Balaban J connectivity index is 1.92. The number of unbranched alkanes of at least 4 members (excludes halogenated alkanes) is 1. The first-order chi connectivity index (χ1) is 10.3. The predicted octanol–water partition coefficient (Wildman–Crippen LogP) is 3.07. The van der Waals surface area contributed by atoms with Gasteiger partial charge in [0.2, 0.25) is 11.8 Å². The van der Waals surface area contributed by atoms with Crippen LogP contribution in [0.5, 0.6) is 5.75 Å². The van der Waals surface area contributed by atoms with Crippen LogP contribution in [0, 0.1) is 0 Å². The molecule has 0 aliphatic heterocycles. The molecule has 0 saturated heterocycles. The van der Waals surface area contributed by atoms with Crippen LogP contribution in [0.25, 0.3) is 11.5 Å². The van der Waals surface area contributed by atoms with Gasteiger partial charge in [0.25, 0.3) is 0 Å². The van der Waals surface area contributed by atoms with Crippen molar-refractivity contribution in [3.8, 4) is 17.2 Å².